The first kappa shape index (κ1) is 10.5. The van der Waals surface area contributed by atoms with Crippen molar-refractivity contribution in [3.05, 3.63) is 66.6 Å². The molecule has 0 bridgehead atoms. The number of hydrogen-bond acceptors (Lipinski definition) is 0. The molecule has 2 aromatic carbocycles. The van der Waals surface area contributed by atoms with Gasteiger partial charge in [0.2, 0.25) is 0 Å². The van der Waals surface area contributed by atoms with Crippen LogP contribution in [0.3, 0.4) is 0 Å². The highest BCUT2D eigenvalue weighted by Gasteiger charge is 1.97. The maximum atomic E-state index is 3.88. The second kappa shape index (κ2) is 4.68. The zero-order valence-corrected chi connectivity index (χ0v) is 9.33. The zero-order valence-electron chi connectivity index (χ0n) is 9.33. The van der Waals surface area contributed by atoms with Gasteiger partial charge in [0.15, 0.2) is 0 Å². The van der Waals surface area contributed by atoms with E-state index in [0.717, 1.165) is 11.1 Å². The normalized spacial score (nSPS) is 9.38. The monoisotopic (exact) mass is 205 g/mol. The van der Waals surface area contributed by atoms with E-state index in [4.69, 9.17) is 0 Å². The molecule has 0 heteroatoms. The van der Waals surface area contributed by atoms with Crippen LogP contribution in [0.15, 0.2) is 48.5 Å². The minimum Gasteiger partial charge on any atom is -0.101 e. The molecular weight excluding hydrogens is 192 g/mol. The molecule has 77 valence electrons. The van der Waals surface area contributed by atoms with Crippen molar-refractivity contribution in [3.8, 4) is 23.0 Å². The van der Waals surface area contributed by atoms with Gasteiger partial charge in [-0.15, -0.1) is 5.92 Å². The number of hydrogen-bond donors (Lipinski definition) is 0. The van der Waals surface area contributed by atoms with Crippen molar-refractivity contribution in [2.75, 3.05) is 0 Å². The van der Waals surface area contributed by atoms with Gasteiger partial charge in [-0.3, -0.25) is 0 Å². The van der Waals surface area contributed by atoms with Gasteiger partial charge < -0.3 is 0 Å². The maximum Gasteiger partial charge on any atom is 0.0251 e. The van der Waals surface area contributed by atoms with Gasteiger partial charge in [-0.2, -0.15) is 0 Å². The van der Waals surface area contributed by atoms with Crippen LogP contribution in [0.1, 0.15) is 18.1 Å². The Hall–Kier alpha value is -2.00. The van der Waals surface area contributed by atoms with E-state index in [1.54, 1.807) is 0 Å². The Morgan fingerprint density at radius 2 is 1.69 bits per heavy atom. The highest BCUT2D eigenvalue weighted by atomic mass is 14.0. The van der Waals surface area contributed by atoms with E-state index in [2.05, 4.69) is 43.0 Å². The van der Waals surface area contributed by atoms with Gasteiger partial charge in [-0.1, -0.05) is 42.3 Å². The second-order valence-corrected chi connectivity index (χ2v) is 3.65. The Kier molecular flexibility index (Phi) is 3.08. The molecule has 0 saturated heterocycles. The van der Waals surface area contributed by atoms with Gasteiger partial charge in [0, 0.05) is 5.56 Å². The summed E-state index contributed by atoms with van der Waals surface area (Å²) in [6.45, 7) is 5.73. The second-order valence-electron chi connectivity index (χ2n) is 3.65. The third kappa shape index (κ3) is 2.32. The topological polar surface area (TPSA) is 0 Å². The summed E-state index contributed by atoms with van der Waals surface area (Å²) in [6, 6.07) is 16.5. The van der Waals surface area contributed by atoms with Crippen molar-refractivity contribution in [1.82, 2.24) is 0 Å². The lowest BCUT2D eigenvalue weighted by Gasteiger charge is -2.02. The third-order valence-corrected chi connectivity index (χ3v) is 2.42. The molecule has 0 atom stereocenters. The van der Waals surface area contributed by atoms with Crippen LogP contribution in [-0.2, 0) is 0 Å². The van der Waals surface area contributed by atoms with E-state index in [-0.39, 0.29) is 0 Å². The Labute approximate surface area is 96.9 Å². The first-order chi connectivity index (χ1) is 7.79. The lowest BCUT2D eigenvalue weighted by Crippen LogP contribution is -1.80. The van der Waals surface area contributed by atoms with Gasteiger partial charge in [-0.25, -0.2) is 0 Å². The molecular formula is C16H13. The van der Waals surface area contributed by atoms with Crippen LogP contribution in [0.4, 0.5) is 0 Å². The highest BCUT2D eigenvalue weighted by Crippen LogP contribution is 2.20. The summed E-state index contributed by atoms with van der Waals surface area (Å²) < 4.78 is 0. The average Bonchev–Trinajstić information content (AvgIpc) is 2.31. The Morgan fingerprint density at radius 3 is 2.38 bits per heavy atom. The molecule has 0 aliphatic heterocycles. The van der Waals surface area contributed by atoms with E-state index in [1.807, 2.05) is 31.2 Å². The molecule has 0 fully saturated rings. The van der Waals surface area contributed by atoms with Gasteiger partial charge in [0.1, 0.15) is 0 Å². The van der Waals surface area contributed by atoms with E-state index >= 15 is 0 Å². The molecule has 0 aliphatic carbocycles. The zero-order chi connectivity index (χ0) is 11.4. The van der Waals surface area contributed by atoms with Crippen LogP contribution in [0.5, 0.6) is 0 Å². The van der Waals surface area contributed by atoms with Crippen molar-refractivity contribution in [2.24, 2.45) is 0 Å². The Morgan fingerprint density at radius 1 is 0.938 bits per heavy atom. The summed E-state index contributed by atoms with van der Waals surface area (Å²) in [5.74, 6) is 5.98. The van der Waals surface area contributed by atoms with Gasteiger partial charge in [-0.05, 0) is 42.7 Å². The Balaban J connectivity index is 2.42. The predicted molar refractivity (Wildman–Crippen MR) is 68.9 cm³/mol. The lowest BCUT2D eigenvalue weighted by molar-refractivity contribution is 1.56. The quantitative estimate of drug-likeness (QED) is 0.619. The summed E-state index contributed by atoms with van der Waals surface area (Å²) in [6.07, 6.45) is 0. The molecule has 0 N–H and O–H groups in total. The molecule has 0 aromatic heterocycles. The number of rotatable bonds is 1. The first-order valence-electron chi connectivity index (χ1n) is 5.25. The third-order valence-electron chi connectivity index (χ3n) is 2.42. The molecule has 2 rings (SSSR count). The van der Waals surface area contributed by atoms with E-state index < -0.39 is 0 Å². The summed E-state index contributed by atoms with van der Waals surface area (Å²) >= 11 is 0. The minimum absolute atomic E-state index is 1.04. The molecule has 2 aromatic rings. The van der Waals surface area contributed by atoms with Crippen molar-refractivity contribution in [2.45, 2.75) is 6.92 Å². The molecule has 0 spiro atoms. The van der Waals surface area contributed by atoms with Gasteiger partial charge in [0.05, 0.1) is 0 Å². The summed E-state index contributed by atoms with van der Waals surface area (Å²) in [5, 5.41) is 0. The summed E-state index contributed by atoms with van der Waals surface area (Å²) in [7, 11) is 0. The number of benzene rings is 2. The van der Waals surface area contributed by atoms with Gasteiger partial charge in [0.25, 0.3) is 0 Å². The van der Waals surface area contributed by atoms with Crippen molar-refractivity contribution < 1.29 is 0 Å². The molecule has 0 aliphatic rings. The van der Waals surface area contributed by atoms with Gasteiger partial charge >= 0.3 is 0 Å². The average molecular weight is 205 g/mol. The van der Waals surface area contributed by atoms with Crippen molar-refractivity contribution in [1.29, 1.82) is 0 Å². The maximum absolute atomic E-state index is 3.88. The van der Waals surface area contributed by atoms with E-state index in [1.165, 1.54) is 11.1 Å². The minimum atomic E-state index is 1.04. The molecule has 0 amide bonds. The Bertz CT molecular complexity index is 536. The molecule has 0 saturated carbocycles. The standard InChI is InChI=1S/C16H13/c1-3-5-14-6-4-7-16(12-14)15-10-8-13(2)9-11-15/h4,6-12H,2H2,1H3. The fourth-order valence-corrected chi connectivity index (χ4v) is 1.62. The van der Waals surface area contributed by atoms with Crippen LogP contribution in [0, 0.1) is 18.8 Å². The fourth-order valence-electron chi connectivity index (χ4n) is 1.62. The smallest absolute Gasteiger partial charge is 0.0251 e. The first-order valence-corrected chi connectivity index (χ1v) is 5.25. The predicted octanol–water partition coefficient (Wildman–Crippen LogP) is 3.91. The fraction of sp³-hybridized carbons (Fsp3) is 0.0625. The molecule has 0 nitrogen and oxygen atoms in total. The highest BCUT2D eigenvalue weighted by molar-refractivity contribution is 5.65. The molecule has 0 heterocycles. The molecule has 16 heavy (non-hydrogen) atoms. The summed E-state index contributed by atoms with van der Waals surface area (Å²) in [5.41, 5.74) is 4.49. The van der Waals surface area contributed by atoms with Crippen molar-refractivity contribution >= 4 is 0 Å². The van der Waals surface area contributed by atoms with E-state index in [0.29, 0.717) is 0 Å². The van der Waals surface area contributed by atoms with E-state index in [9.17, 15) is 0 Å². The van der Waals surface area contributed by atoms with Crippen molar-refractivity contribution in [3.63, 3.8) is 0 Å². The van der Waals surface area contributed by atoms with Crippen LogP contribution < -0.4 is 0 Å². The summed E-state index contributed by atoms with van der Waals surface area (Å²) in [4.78, 5) is 0. The molecule has 1 radical (unpaired) electrons. The van der Waals surface area contributed by atoms with Crippen LogP contribution in [0.25, 0.3) is 11.1 Å². The largest absolute Gasteiger partial charge is 0.101 e. The van der Waals surface area contributed by atoms with Crippen LogP contribution in [-0.4, -0.2) is 0 Å². The SMILES string of the molecule is [CH2]c1ccc(-c2cccc(C#CC)c2)cc1. The van der Waals surface area contributed by atoms with Crippen LogP contribution in [0.2, 0.25) is 0 Å². The van der Waals surface area contributed by atoms with Crippen LogP contribution >= 0.6 is 0 Å². The lowest BCUT2D eigenvalue weighted by atomic mass is 10.0. The molecule has 0 unspecified atom stereocenters.